The van der Waals surface area contributed by atoms with E-state index in [1.807, 2.05) is 0 Å². The van der Waals surface area contributed by atoms with Gasteiger partial charge in [-0.1, -0.05) is 5.22 Å². The molecule has 0 aromatic carbocycles. The predicted octanol–water partition coefficient (Wildman–Crippen LogP) is -0.105. The molecule has 0 aromatic heterocycles. The van der Waals surface area contributed by atoms with Crippen LogP contribution in [-0.4, -0.2) is 23.7 Å². The molecule has 0 aliphatic carbocycles. The molecule has 0 saturated carbocycles. The molecular formula is C6H14N4O2. The Kier molecular flexibility index (Phi) is 5.90. The highest BCUT2D eigenvalue weighted by atomic mass is 16.4. The van der Waals surface area contributed by atoms with E-state index >= 15 is 0 Å². The van der Waals surface area contributed by atoms with Gasteiger partial charge in [0.25, 0.3) is 0 Å². The highest BCUT2D eigenvalue weighted by molar-refractivity contribution is 5.72. The Hall–Kier alpha value is -1.17. The molecule has 5 N–H and O–H groups in total. The molecule has 1 atom stereocenters. The minimum Gasteiger partial charge on any atom is -0.480 e. The molecule has 0 aliphatic heterocycles. The highest BCUT2D eigenvalue weighted by Gasteiger charge is 2.09. The van der Waals surface area contributed by atoms with Gasteiger partial charge in [0.1, 0.15) is 6.04 Å². The van der Waals surface area contributed by atoms with Crippen molar-refractivity contribution in [1.82, 2.24) is 0 Å². The van der Waals surface area contributed by atoms with E-state index in [9.17, 15) is 4.79 Å². The Morgan fingerprint density at radius 2 is 2.17 bits per heavy atom. The van der Waals surface area contributed by atoms with Crippen LogP contribution >= 0.6 is 0 Å². The maximum Gasteiger partial charge on any atom is 0.320 e. The van der Waals surface area contributed by atoms with Crippen LogP contribution in [-0.2, 0) is 4.79 Å². The third-order valence-corrected chi connectivity index (χ3v) is 1.42. The molecular weight excluding hydrogens is 160 g/mol. The van der Waals surface area contributed by atoms with Gasteiger partial charge in [-0.25, -0.2) is 0 Å². The predicted molar refractivity (Wildman–Crippen MR) is 43.4 cm³/mol. The van der Waals surface area contributed by atoms with Crippen LogP contribution in [0.25, 0.3) is 0 Å². The number of rotatable bonds is 6. The maximum atomic E-state index is 10.2. The summed E-state index contributed by atoms with van der Waals surface area (Å²) in [5, 5.41) is 15.0. The maximum absolute atomic E-state index is 10.2. The van der Waals surface area contributed by atoms with Crippen LogP contribution in [0.15, 0.2) is 10.3 Å². The van der Waals surface area contributed by atoms with Gasteiger partial charge in [0.2, 0.25) is 0 Å². The lowest BCUT2D eigenvalue weighted by Crippen LogP contribution is -2.29. The molecule has 0 heterocycles. The number of aliphatic carboxylic acids is 1. The molecule has 0 fully saturated rings. The summed E-state index contributed by atoms with van der Waals surface area (Å²) in [6, 6.07) is -0.764. The second kappa shape index (κ2) is 6.53. The minimum atomic E-state index is -0.963. The average molecular weight is 174 g/mol. The highest BCUT2D eigenvalue weighted by Crippen LogP contribution is 1.99. The summed E-state index contributed by atoms with van der Waals surface area (Å²) >= 11 is 0. The van der Waals surface area contributed by atoms with Crippen LogP contribution < -0.4 is 11.6 Å². The van der Waals surface area contributed by atoms with Crippen molar-refractivity contribution in [2.45, 2.75) is 25.3 Å². The van der Waals surface area contributed by atoms with E-state index in [0.717, 1.165) is 12.8 Å². The first kappa shape index (κ1) is 10.8. The zero-order valence-corrected chi connectivity index (χ0v) is 6.81. The van der Waals surface area contributed by atoms with E-state index in [4.69, 9.17) is 16.7 Å². The Bertz CT molecular complexity index is 160. The number of carbonyl (C=O) groups is 1. The SMILES string of the molecule is NN=NCCCC[C@H](N)C(=O)O. The third kappa shape index (κ3) is 5.60. The fraction of sp³-hybridized carbons (Fsp3) is 0.833. The van der Waals surface area contributed by atoms with Crippen molar-refractivity contribution in [3.05, 3.63) is 0 Å². The van der Waals surface area contributed by atoms with Crippen molar-refractivity contribution >= 4 is 5.97 Å². The number of nitrogens with zero attached hydrogens (tertiary/aromatic N) is 2. The summed E-state index contributed by atoms with van der Waals surface area (Å²) in [6.45, 7) is 0.531. The van der Waals surface area contributed by atoms with Crippen LogP contribution in [0.5, 0.6) is 0 Å². The van der Waals surface area contributed by atoms with Gasteiger partial charge in [0.15, 0.2) is 0 Å². The Balaban J connectivity index is 3.25. The van der Waals surface area contributed by atoms with E-state index in [0.29, 0.717) is 13.0 Å². The van der Waals surface area contributed by atoms with E-state index in [1.54, 1.807) is 0 Å². The zero-order valence-electron chi connectivity index (χ0n) is 6.81. The van der Waals surface area contributed by atoms with Gasteiger partial charge in [-0.05, 0) is 19.3 Å². The molecule has 0 unspecified atom stereocenters. The zero-order chi connectivity index (χ0) is 9.40. The van der Waals surface area contributed by atoms with Crippen molar-refractivity contribution in [3.8, 4) is 0 Å². The lowest BCUT2D eigenvalue weighted by atomic mass is 10.1. The number of unbranched alkanes of at least 4 members (excludes halogenated alkanes) is 1. The smallest absolute Gasteiger partial charge is 0.320 e. The second-order valence-electron chi connectivity index (χ2n) is 2.42. The van der Waals surface area contributed by atoms with Crippen molar-refractivity contribution < 1.29 is 9.90 Å². The van der Waals surface area contributed by atoms with E-state index in [-0.39, 0.29) is 0 Å². The van der Waals surface area contributed by atoms with E-state index in [1.165, 1.54) is 0 Å². The summed E-state index contributed by atoms with van der Waals surface area (Å²) in [5.74, 6) is 3.80. The van der Waals surface area contributed by atoms with E-state index < -0.39 is 12.0 Å². The largest absolute Gasteiger partial charge is 0.480 e. The quantitative estimate of drug-likeness (QED) is 0.225. The molecule has 0 bridgehead atoms. The lowest BCUT2D eigenvalue weighted by Gasteiger charge is -2.03. The number of nitrogens with two attached hydrogens (primary N) is 2. The van der Waals surface area contributed by atoms with E-state index in [2.05, 4.69) is 10.3 Å². The first-order valence-electron chi connectivity index (χ1n) is 3.73. The van der Waals surface area contributed by atoms with Gasteiger partial charge in [0.05, 0.1) is 6.54 Å². The molecule has 0 spiro atoms. The Labute approximate surface area is 70.6 Å². The van der Waals surface area contributed by atoms with Crippen LogP contribution in [0, 0.1) is 0 Å². The van der Waals surface area contributed by atoms with Gasteiger partial charge in [-0.15, -0.1) is 0 Å². The molecule has 0 amide bonds. The van der Waals surface area contributed by atoms with Crippen molar-refractivity contribution in [2.24, 2.45) is 21.9 Å². The number of hydrogen-bond donors (Lipinski definition) is 3. The first-order chi connectivity index (χ1) is 5.68. The van der Waals surface area contributed by atoms with Crippen LogP contribution in [0.3, 0.4) is 0 Å². The number of carboxylic acids is 1. The van der Waals surface area contributed by atoms with Gasteiger partial charge < -0.3 is 16.7 Å². The number of hydrogen-bond acceptors (Lipinski definition) is 4. The molecule has 0 radical (unpaired) electrons. The fourth-order valence-electron chi connectivity index (χ4n) is 0.728. The number of carboxylic acid groups (broad SMARTS) is 1. The summed E-state index contributed by atoms with van der Waals surface area (Å²) in [6.07, 6.45) is 1.96. The average Bonchev–Trinajstić information content (AvgIpc) is 2.03. The first-order valence-corrected chi connectivity index (χ1v) is 3.73. The fourth-order valence-corrected chi connectivity index (χ4v) is 0.728. The summed E-state index contributed by atoms with van der Waals surface area (Å²) in [4.78, 5) is 10.2. The molecule has 6 nitrogen and oxygen atoms in total. The molecule has 0 rings (SSSR count). The minimum absolute atomic E-state index is 0.468. The second-order valence-corrected chi connectivity index (χ2v) is 2.42. The lowest BCUT2D eigenvalue weighted by molar-refractivity contribution is -0.138. The van der Waals surface area contributed by atoms with Gasteiger partial charge in [0, 0.05) is 0 Å². The molecule has 0 aliphatic rings. The van der Waals surface area contributed by atoms with Gasteiger partial charge in [-0.3, -0.25) is 4.79 Å². The molecule has 0 saturated heterocycles. The Morgan fingerprint density at radius 3 is 2.67 bits per heavy atom. The summed E-state index contributed by atoms with van der Waals surface area (Å²) in [5.41, 5.74) is 5.25. The van der Waals surface area contributed by atoms with Crippen molar-refractivity contribution in [3.63, 3.8) is 0 Å². The topological polar surface area (TPSA) is 114 Å². The normalized spacial score (nSPS) is 13.4. The standard InChI is InChI=1S/C6H14N4O2/c7-5(6(11)12)3-1-2-4-9-10-8/h5H,1-4,7H2,(H2,8,9)(H,11,12)/t5-/m0/s1. The van der Waals surface area contributed by atoms with Crippen LogP contribution in [0.1, 0.15) is 19.3 Å². The van der Waals surface area contributed by atoms with Crippen molar-refractivity contribution in [2.75, 3.05) is 6.54 Å². The van der Waals surface area contributed by atoms with Crippen LogP contribution in [0.4, 0.5) is 0 Å². The monoisotopic (exact) mass is 174 g/mol. The summed E-state index contributed by atoms with van der Waals surface area (Å²) in [7, 11) is 0. The van der Waals surface area contributed by atoms with Gasteiger partial charge >= 0.3 is 5.97 Å². The Morgan fingerprint density at radius 1 is 1.50 bits per heavy atom. The van der Waals surface area contributed by atoms with Crippen LogP contribution in [0.2, 0.25) is 0 Å². The van der Waals surface area contributed by atoms with Gasteiger partial charge in [-0.2, -0.15) is 5.11 Å². The molecule has 6 heteroatoms. The summed E-state index contributed by atoms with van der Waals surface area (Å²) < 4.78 is 0. The molecule has 70 valence electrons. The van der Waals surface area contributed by atoms with Crippen molar-refractivity contribution in [1.29, 1.82) is 0 Å². The molecule has 0 aromatic rings. The molecule has 12 heavy (non-hydrogen) atoms. The third-order valence-electron chi connectivity index (χ3n) is 1.42.